The Labute approximate surface area is 437 Å². The van der Waals surface area contributed by atoms with Gasteiger partial charge in [0.25, 0.3) is 0 Å². The average molecular weight is 969 g/mol. The first kappa shape index (κ1) is 46.8. The molecule has 2 heterocycles. The van der Waals surface area contributed by atoms with E-state index in [2.05, 4.69) is 222 Å². The van der Waals surface area contributed by atoms with Crippen LogP contribution in [0.5, 0.6) is 0 Å². The molecule has 0 aliphatic carbocycles. The molecule has 0 aliphatic heterocycles. The molecule has 12 aromatic rings. The minimum absolute atomic E-state index is 0.217. The molecule has 4 nitrogen and oxygen atoms in total. The van der Waals surface area contributed by atoms with Crippen molar-refractivity contribution in [2.75, 3.05) is 0 Å². The summed E-state index contributed by atoms with van der Waals surface area (Å²) in [6, 6.07) is 66.1. The highest BCUT2D eigenvalue weighted by atomic mass is 19.1. The molecular weight excluding hydrogens is 916 g/mol. The SMILES string of the molecule is Cc1ccc(-c2ccc3c4ccc(-c5ccc(C)cc5C)cc4n(-c4cc(C#N)cc(-n5c6cc(-c7ccc(C)cc7C)ccc6c6ccc(-c7ccc(C)cc7C)cc65)c4-c4ccc(C#N)cc4F)c3c2)c(C)c1. The molecule has 0 bridgehead atoms. The van der Waals surface area contributed by atoms with Crippen LogP contribution >= 0.6 is 0 Å². The molecule has 0 saturated carbocycles. The largest absolute Gasteiger partial charge is 0.308 e. The van der Waals surface area contributed by atoms with Crippen LogP contribution in [0, 0.1) is 83.9 Å². The second-order valence-corrected chi connectivity index (χ2v) is 20.7. The topological polar surface area (TPSA) is 57.4 Å². The first-order chi connectivity index (χ1) is 36.3. The monoisotopic (exact) mass is 968 g/mol. The average Bonchev–Trinajstić information content (AvgIpc) is 3.91. The van der Waals surface area contributed by atoms with Gasteiger partial charge in [0.15, 0.2) is 0 Å². The van der Waals surface area contributed by atoms with Gasteiger partial charge in [-0.05, 0) is 177 Å². The van der Waals surface area contributed by atoms with Crippen LogP contribution in [0.25, 0.3) is 111 Å². The predicted octanol–water partition coefficient (Wildman–Crippen LogP) is 18.6. The lowest BCUT2D eigenvalue weighted by molar-refractivity contribution is 0.630. The van der Waals surface area contributed by atoms with Crippen molar-refractivity contribution in [1.82, 2.24) is 9.13 Å². The van der Waals surface area contributed by atoms with Crippen molar-refractivity contribution in [2.24, 2.45) is 0 Å². The number of hydrogen-bond donors (Lipinski definition) is 0. The Bertz CT molecular complexity index is 4020. The fourth-order valence-electron chi connectivity index (χ4n) is 11.9. The molecule has 0 spiro atoms. The summed E-state index contributed by atoms with van der Waals surface area (Å²) in [5.74, 6) is -0.540. The van der Waals surface area contributed by atoms with Crippen molar-refractivity contribution < 1.29 is 4.39 Å². The van der Waals surface area contributed by atoms with Gasteiger partial charge < -0.3 is 9.13 Å². The summed E-state index contributed by atoms with van der Waals surface area (Å²) >= 11 is 0. The van der Waals surface area contributed by atoms with E-state index in [9.17, 15) is 10.5 Å². The van der Waals surface area contributed by atoms with Gasteiger partial charge in [0, 0.05) is 32.7 Å². The molecule has 0 saturated heterocycles. The molecule has 0 atom stereocenters. The molecule has 0 amide bonds. The van der Waals surface area contributed by atoms with Crippen LogP contribution < -0.4 is 0 Å². The molecule has 0 aliphatic rings. The minimum atomic E-state index is -0.540. The van der Waals surface area contributed by atoms with E-state index in [-0.39, 0.29) is 5.56 Å². The standard InChI is InChI=1S/C70H53FN4/c1-40-9-18-54(44(5)27-40)50-14-23-58-59-24-15-51(55-19-10-41(2)28-45(55)6)35-65(59)74(64(58)34-50)68-32-49(39-73)33-69(70(68)62-22-13-48(38-72)31-63(62)71)75-66-36-52(56-20-11-42(3)29-46(56)7)16-25-60(66)61-26-17-53(37-67(61)75)57-21-12-43(4)30-47(57)8/h9-37H,1-8H3. The Morgan fingerprint density at radius 1 is 0.320 bits per heavy atom. The van der Waals surface area contributed by atoms with E-state index in [1.54, 1.807) is 12.1 Å². The van der Waals surface area contributed by atoms with Crippen LogP contribution in [-0.4, -0.2) is 9.13 Å². The summed E-state index contributed by atoms with van der Waals surface area (Å²) in [5.41, 5.74) is 24.5. The van der Waals surface area contributed by atoms with Gasteiger partial charge in [0.1, 0.15) is 5.82 Å². The lowest BCUT2D eigenvalue weighted by atomic mass is 9.96. The molecule has 75 heavy (non-hydrogen) atoms. The molecule has 12 rings (SSSR count). The fourth-order valence-corrected chi connectivity index (χ4v) is 11.9. The normalized spacial score (nSPS) is 11.5. The number of hydrogen-bond acceptors (Lipinski definition) is 2. The molecule has 2 aromatic heterocycles. The second kappa shape index (κ2) is 18.0. The zero-order valence-corrected chi connectivity index (χ0v) is 43.4. The zero-order valence-electron chi connectivity index (χ0n) is 43.4. The van der Waals surface area contributed by atoms with E-state index in [1.165, 1.54) is 28.3 Å². The van der Waals surface area contributed by atoms with Crippen LogP contribution in [0.2, 0.25) is 0 Å². The number of fused-ring (bicyclic) bond motifs is 6. The summed E-state index contributed by atoms with van der Waals surface area (Å²) in [7, 11) is 0. The Morgan fingerprint density at radius 3 is 0.907 bits per heavy atom. The molecule has 10 aromatic carbocycles. The van der Waals surface area contributed by atoms with Gasteiger partial charge in [-0.3, -0.25) is 0 Å². The van der Waals surface area contributed by atoms with E-state index < -0.39 is 5.82 Å². The van der Waals surface area contributed by atoms with Crippen LogP contribution in [-0.2, 0) is 0 Å². The van der Waals surface area contributed by atoms with Crippen LogP contribution in [0.4, 0.5) is 4.39 Å². The van der Waals surface area contributed by atoms with Crippen molar-refractivity contribution in [3.05, 3.63) is 237 Å². The van der Waals surface area contributed by atoms with Crippen LogP contribution in [0.15, 0.2) is 176 Å². The third-order valence-electron chi connectivity index (χ3n) is 15.4. The lowest BCUT2D eigenvalue weighted by Crippen LogP contribution is -2.06. The third-order valence-corrected chi connectivity index (χ3v) is 15.4. The summed E-state index contributed by atoms with van der Waals surface area (Å²) in [6.45, 7) is 17.0. The summed E-state index contributed by atoms with van der Waals surface area (Å²) in [4.78, 5) is 0. The van der Waals surface area contributed by atoms with E-state index in [0.717, 1.165) is 110 Å². The molecule has 0 N–H and O–H groups in total. The molecule has 5 heteroatoms. The fraction of sp³-hybridized carbons (Fsp3) is 0.114. The van der Waals surface area contributed by atoms with E-state index in [0.29, 0.717) is 28.1 Å². The van der Waals surface area contributed by atoms with Crippen LogP contribution in [0.3, 0.4) is 0 Å². The summed E-state index contributed by atoms with van der Waals surface area (Å²) in [6.07, 6.45) is 0. The highest BCUT2D eigenvalue weighted by molar-refractivity contribution is 6.14. The molecule has 0 radical (unpaired) electrons. The third kappa shape index (κ3) is 7.88. The van der Waals surface area contributed by atoms with Crippen molar-refractivity contribution in [3.63, 3.8) is 0 Å². The number of halogens is 1. The van der Waals surface area contributed by atoms with Crippen molar-refractivity contribution in [2.45, 2.75) is 55.4 Å². The van der Waals surface area contributed by atoms with Gasteiger partial charge in [0.2, 0.25) is 0 Å². The minimum Gasteiger partial charge on any atom is -0.308 e. The number of aromatic nitrogens is 2. The molecular formula is C70H53FN4. The highest BCUT2D eigenvalue weighted by Gasteiger charge is 2.27. The zero-order chi connectivity index (χ0) is 52.0. The van der Waals surface area contributed by atoms with Gasteiger partial charge in [-0.1, -0.05) is 144 Å². The summed E-state index contributed by atoms with van der Waals surface area (Å²) in [5, 5.41) is 25.5. The van der Waals surface area contributed by atoms with Gasteiger partial charge in [0.05, 0.1) is 56.7 Å². The van der Waals surface area contributed by atoms with E-state index >= 15 is 4.39 Å². The number of aryl methyl sites for hydroxylation is 8. The van der Waals surface area contributed by atoms with Gasteiger partial charge >= 0.3 is 0 Å². The predicted molar refractivity (Wildman–Crippen MR) is 310 cm³/mol. The van der Waals surface area contributed by atoms with Gasteiger partial charge in [-0.2, -0.15) is 10.5 Å². The van der Waals surface area contributed by atoms with Gasteiger partial charge in [-0.25, -0.2) is 4.39 Å². The summed E-state index contributed by atoms with van der Waals surface area (Å²) < 4.78 is 22.1. The maximum absolute atomic E-state index is 17.6. The second-order valence-electron chi connectivity index (χ2n) is 20.7. The number of rotatable bonds is 7. The van der Waals surface area contributed by atoms with Crippen molar-refractivity contribution >= 4 is 43.6 Å². The Kier molecular flexibility index (Phi) is 11.2. The van der Waals surface area contributed by atoms with Crippen LogP contribution in [0.1, 0.15) is 55.6 Å². The molecule has 360 valence electrons. The quantitative estimate of drug-likeness (QED) is 0.160. The maximum Gasteiger partial charge on any atom is 0.132 e. The Hall–Kier alpha value is -9.29. The molecule has 0 fully saturated rings. The number of nitriles is 2. The van der Waals surface area contributed by atoms with Crippen molar-refractivity contribution in [3.8, 4) is 79.1 Å². The first-order valence-corrected chi connectivity index (χ1v) is 25.5. The van der Waals surface area contributed by atoms with Gasteiger partial charge in [-0.15, -0.1) is 0 Å². The Morgan fingerprint density at radius 2 is 0.627 bits per heavy atom. The van der Waals surface area contributed by atoms with E-state index in [1.807, 2.05) is 12.1 Å². The lowest BCUT2D eigenvalue weighted by Gasteiger charge is -2.22. The van der Waals surface area contributed by atoms with Crippen molar-refractivity contribution in [1.29, 1.82) is 10.5 Å². The smallest absolute Gasteiger partial charge is 0.132 e. The number of benzene rings is 10. The maximum atomic E-state index is 17.6. The number of nitrogens with zero attached hydrogens (tertiary/aromatic N) is 4. The first-order valence-electron chi connectivity index (χ1n) is 25.5. The highest BCUT2D eigenvalue weighted by Crippen LogP contribution is 2.46. The molecule has 0 unspecified atom stereocenters. The van der Waals surface area contributed by atoms with E-state index in [4.69, 9.17) is 0 Å². The Balaban J connectivity index is 1.27.